The summed E-state index contributed by atoms with van der Waals surface area (Å²) < 4.78 is 5.02. The molecule has 1 aromatic heterocycles. The van der Waals surface area contributed by atoms with Crippen molar-refractivity contribution in [2.45, 2.75) is 13.8 Å². The molecular formula is C19H18ClN3O2. The Balaban J connectivity index is 2.57. The number of rotatable bonds is 6. The summed E-state index contributed by atoms with van der Waals surface area (Å²) in [5.41, 5.74) is 2.45. The molecule has 5 nitrogen and oxygen atoms in total. The van der Waals surface area contributed by atoms with Crippen LogP contribution in [0.25, 0.3) is 11.3 Å². The first-order valence-electron chi connectivity index (χ1n) is 7.94. The van der Waals surface area contributed by atoms with Gasteiger partial charge in [0.1, 0.15) is 0 Å². The highest BCUT2D eigenvalue weighted by Gasteiger charge is 2.28. The number of esters is 1. The quantitative estimate of drug-likeness (QED) is 0.581. The average Bonchev–Trinajstić information content (AvgIpc) is 2.62. The van der Waals surface area contributed by atoms with E-state index in [0.29, 0.717) is 28.5 Å². The molecule has 0 saturated heterocycles. The number of benzene rings is 1. The lowest BCUT2D eigenvalue weighted by Gasteiger charge is -2.15. The first-order chi connectivity index (χ1) is 12.1. The van der Waals surface area contributed by atoms with E-state index in [0.717, 1.165) is 5.56 Å². The van der Waals surface area contributed by atoms with Gasteiger partial charge in [0.2, 0.25) is 0 Å². The summed E-state index contributed by atoms with van der Waals surface area (Å²) >= 11 is 5.95. The molecule has 1 aromatic carbocycles. The summed E-state index contributed by atoms with van der Waals surface area (Å²) in [6.45, 7) is 4.18. The van der Waals surface area contributed by atoms with Crippen molar-refractivity contribution in [3.05, 3.63) is 53.2 Å². The number of halogens is 1. The lowest BCUT2D eigenvalue weighted by molar-refractivity contribution is -0.143. The highest BCUT2D eigenvalue weighted by atomic mass is 35.5. The molecule has 0 fully saturated rings. The van der Waals surface area contributed by atoms with E-state index >= 15 is 0 Å². The molecule has 1 atom stereocenters. The van der Waals surface area contributed by atoms with Crippen molar-refractivity contribution >= 4 is 23.3 Å². The molecule has 128 valence electrons. The van der Waals surface area contributed by atoms with Crippen molar-refractivity contribution in [2.24, 2.45) is 10.9 Å². The fourth-order valence-corrected chi connectivity index (χ4v) is 2.53. The van der Waals surface area contributed by atoms with Gasteiger partial charge in [-0.25, -0.2) is 0 Å². The molecule has 0 radical (unpaired) electrons. The van der Waals surface area contributed by atoms with Gasteiger partial charge in [-0.2, -0.15) is 5.26 Å². The van der Waals surface area contributed by atoms with Crippen LogP contribution < -0.4 is 0 Å². The van der Waals surface area contributed by atoms with E-state index in [9.17, 15) is 10.1 Å². The third-order valence-corrected chi connectivity index (χ3v) is 3.71. The number of nitriles is 1. The van der Waals surface area contributed by atoms with E-state index in [1.54, 1.807) is 37.4 Å². The molecule has 1 unspecified atom stereocenters. The van der Waals surface area contributed by atoms with Crippen LogP contribution in [0.3, 0.4) is 0 Å². The first kappa shape index (κ1) is 18.6. The second-order valence-corrected chi connectivity index (χ2v) is 5.52. The molecule has 0 N–H and O–H groups in total. The Labute approximate surface area is 151 Å². The molecule has 25 heavy (non-hydrogen) atoms. The lowest BCUT2D eigenvalue weighted by Crippen LogP contribution is -2.26. The molecule has 0 aliphatic carbocycles. The largest absolute Gasteiger partial charge is 0.465 e. The molecule has 0 aliphatic rings. The molecule has 2 rings (SSSR count). The summed E-state index contributed by atoms with van der Waals surface area (Å²) in [6.07, 6.45) is 1.66. The van der Waals surface area contributed by atoms with E-state index in [1.807, 2.05) is 25.1 Å². The topological polar surface area (TPSA) is 75.3 Å². The first-order valence-corrected chi connectivity index (χ1v) is 8.32. The van der Waals surface area contributed by atoms with Crippen molar-refractivity contribution in [3.8, 4) is 17.3 Å². The second-order valence-electron chi connectivity index (χ2n) is 5.08. The number of carbonyl (C=O) groups is 1. The number of aromatic nitrogens is 1. The van der Waals surface area contributed by atoms with Crippen LogP contribution in [0.2, 0.25) is 5.02 Å². The summed E-state index contributed by atoms with van der Waals surface area (Å²) in [6, 6.07) is 12.8. The number of pyridine rings is 1. The van der Waals surface area contributed by atoms with Crippen molar-refractivity contribution in [2.75, 3.05) is 13.2 Å². The second kappa shape index (κ2) is 8.95. The molecule has 0 amide bonds. The van der Waals surface area contributed by atoms with Crippen LogP contribution in [0.15, 0.2) is 47.6 Å². The van der Waals surface area contributed by atoms with E-state index in [1.165, 1.54) is 0 Å². The van der Waals surface area contributed by atoms with Crippen molar-refractivity contribution < 1.29 is 9.53 Å². The highest BCUT2D eigenvalue weighted by molar-refractivity contribution is 6.30. The van der Waals surface area contributed by atoms with E-state index in [-0.39, 0.29) is 6.61 Å². The molecule has 0 saturated carbocycles. The Kier molecular flexibility index (Phi) is 6.67. The molecule has 2 aromatic rings. The monoisotopic (exact) mass is 355 g/mol. The van der Waals surface area contributed by atoms with Gasteiger partial charge in [0.25, 0.3) is 0 Å². The Bertz CT molecular complexity index is 810. The van der Waals surface area contributed by atoms with Crippen LogP contribution in [0, 0.1) is 17.2 Å². The van der Waals surface area contributed by atoms with Gasteiger partial charge in [0.05, 0.1) is 24.1 Å². The van der Waals surface area contributed by atoms with Gasteiger partial charge in [-0.1, -0.05) is 23.7 Å². The summed E-state index contributed by atoms with van der Waals surface area (Å²) in [5.74, 6) is -1.71. The van der Waals surface area contributed by atoms with Gasteiger partial charge in [-0.05, 0) is 38.1 Å². The maximum absolute atomic E-state index is 12.2. The van der Waals surface area contributed by atoms with Crippen LogP contribution >= 0.6 is 11.6 Å². The predicted octanol–water partition coefficient (Wildman–Crippen LogP) is 3.91. The van der Waals surface area contributed by atoms with Gasteiger partial charge < -0.3 is 4.74 Å². The minimum absolute atomic E-state index is 0.202. The van der Waals surface area contributed by atoms with Gasteiger partial charge in [0, 0.05) is 28.9 Å². The molecule has 0 spiro atoms. The highest BCUT2D eigenvalue weighted by Crippen LogP contribution is 2.26. The van der Waals surface area contributed by atoms with Crippen LogP contribution in [0.4, 0.5) is 0 Å². The van der Waals surface area contributed by atoms with Crippen LogP contribution in [0.5, 0.6) is 0 Å². The fourth-order valence-electron chi connectivity index (χ4n) is 2.40. The number of aliphatic imine (C=N–C) groups is 1. The zero-order chi connectivity index (χ0) is 18.2. The van der Waals surface area contributed by atoms with Crippen molar-refractivity contribution in [3.63, 3.8) is 0 Å². The number of ether oxygens (including phenoxy) is 1. The van der Waals surface area contributed by atoms with Crippen LogP contribution in [0.1, 0.15) is 19.4 Å². The van der Waals surface area contributed by atoms with Gasteiger partial charge in [-0.3, -0.25) is 14.8 Å². The molecule has 0 bridgehead atoms. The van der Waals surface area contributed by atoms with Gasteiger partial charge >= 0.3 is 5.97 Å². The molecule has 0 aliphatic heterocycles. The minimum atomic E-state index is -1.10. The lowest BCUT2D eigenvalue weighted by atomic mass is 9.94. The van der Waals surface area contributed by atoms with E-state index in [2.05, 4.69) is 9.98 Å². The normalized spacial score (nSPS) is 12.3. The summed E-state index contributed by atoms with van der Waals surface area (Å²) in [5, 5.41) is 10.1. The third-order valence-electron chi connectivity index (χ3n) is 3.45. The van der Waals surface area contributed by atoms with Gasteiger partial charge in [-0.15, -0.1) is 0 Å². The standard InChI is InChI=1S/C19H18ClN3O2/c1-3-22-18(16(12-21)19(24)25-4-2)15-6-5-11-23-17(15)13-7-9-14(20)10-8-13/h5-11,16H,3-4H2,1-2H3. The molecular weight excluding hydrogens is 338 g/mol. The predicted molar refractivity (Wildman–Crippen MR) is 97.5 cm³/mol. The molecule has 6 heteroatoms. The zero-order valence-electron chi connectivity index (χ0n) is 14.1. The smallest absolute Gasteiger partial charge is 0.329 e. The van der Waals surface area contributed by atoms with Crippen LogP contribution in [-0.2, 0) is 9.53 Å². The zero-order valence-corrected chi connectivity index (χ0v) is 14.8. The van der Waals surface area contributed by atoms with Crippen molar-refractivity contribution in [1.29, 1.82) is 5.26 Å². The average molecular weight is 356 g/mol. The number of hydrogen-bond acceptors (Lipinski definition) is 5. The summed E-state index contributed by atoms with van der Waals surface area (Å²) in [7, 11) is 0. The van der Waals surface area contributed by atoms with Crippen LogP contribution in [-0.4, -0.2) is 29.8 Å². The number of hydrogen-bond donors (Lipinski definition) is 0. The van der Waals surface area contributed by atoms with E-state index < -0.39 is 11.9 Å². The van der Waals surface area contributed by atoms with Gasteiger partial charge in [0.15, 0.2) is 5.92 Å². The Hall–Kier alpha value is -2.71. The Morgan fingerprint density at radius 2 is 2.04 bits per heavy atom. The fraction of sp³-hybridized carbons (Fsp3) is 0.263. The minimum Gasteiger partial charge on any atom is -0.465 e. The van der Waals surface area contributed by atoms with Crippen molar-refractivity contribution in [1.82, 2.24) is 4.98 Å². The maximum atomic E-state index is 12.2. The number of nitrogens with zero attached hydrogens (tertiary/aromatic N) is 3. The van der Waals surface area contributed by atoms with E-state index in [4.69, 9.17) is 16.3 Å². The summed E-state index contributed by atoms with van der Waals surface area (Å²) in [4.78, 5) is 21.0. The maximum Gasteiger partial charge on any atom is 0.329 e. The Morgan fingerprint density at radius 1 is 1.32 bits per heavy atom. The third kappa shape index (κ3) is 4.43. The number of carbonyl (C=O) groups excluding carboxylic acids is 1. The molecule has 1 heterocycles. The SMILES string of the molecule is CCN=C(c1cccnc1-c1ccc(Cl)cc1)C(C#N)C(=O)OCC. The Morgan fingerprint density at radius 3 is 2.64 bits per heavy atom.